The lowest BCUT2D eigenvalue weighted by Crippen LogP contribution is -2.06. The van der Waals surface area contributed by atoms with E-state index < -0.39 is 4.92 Å². The number of nitrogens with one attached hydrogen (secondary N) is 1. The van der Waals surface area contributed by atoms with Crippen molar-refractivity contribution in [2.75, 3.05) is 11.1 Å². The number of nitro groups is 1. The Morgan fingerprint density at radius 1 is 1.53 bits per heavy atom. The summed E-state index contributed by atoms with van der Waals surface area (Å²) in [5.41, 5.74) is 7.03. The topological polar surface area (TPSA) is 112 Å². The molecule has 0 aromatic carbocycles. The van der Waals surface area contributed by atoms with Gasteiger partial charge in [-0.15, -0.1) is 0 Å². The highest BCUT2D eigenvalue weighted by atomic mass is 16.6. The number of nitrogens with zero attached hydrogens (tertiary/aromatic N) is 4. The van der Waals surface area contributed by atoms with E-state index in [9.17, 15) is 10.1 Å². The van der Waals surface area contributed by atoms with Crippen LogP contribution >= 0.6 is 0 Å². The third-order valence-electron chi connectivity index (χ3n) is 2.78. The molecule has 0 saturated carbocycles. The fourth-order valence-corrected chi connectivity index (χ4v) is 1.66. The van der Waals surface area contributed by atoms with Crippen LogP contribution < -0.4 is 11.1 Å². The van der Waals surface area contributed by atoms with E-state index in [1.165, 1.54) is 6.07 Å². The summed E-state index contributed by atoms with van der Waals surface area (Å²) in [5, 5.41) is 17.8. The zero-order chi connectivity index (χ0) is 14.0. The van der Waals surface area contributed by atoms with E-state index in [0.717, 1.165) is 5.56 Å². The lowest BCUT2D eigenvalue weighted by Gasteiger charge is -2.06. The zero-order valence-electron chi connectivity index (χ0n) is 10.6. The van der Waals surface area contributed by atoms with Crippen molar-refractivity contribution in [3.05, 3.63) is 39.7 Å². The largest absolute Gasteiger partial charge is 0.384 e. The maximum atomic E-state index is 10.7. The average molecular weight is 262 g/mol. The van der Waals surface area contributed by atoms with Crippen LogP contribution in [-0.2, 0) is 13.6 Å². The number of aromatic nitrogens is 3. The van der Waals surface area contributed by atoms with Crippen LogP contribution in [0.25, 0.3) is 0 Å². The molecule has 0 unspecified atom stereocenters. The molecule has 0 aliphatic heterocycles. The highest BCUT2D eigenvalue weighted by molar-refractivity contribution is 5.47. The lowest BCUT2D eigenvalue weighted by atomic mass is 10.3. The van der Waals surface area contributed by atoms with Crippen LogP contribution in [-0.4, -0.2) is 19.7 Å². The first-order chi connectivity index (χ1) is 8.99. The smallest absolute Gasteiger partial charge is 0.290 e. The minimum absolute atomic E-state index is 0.00596. The van der Waals surface area contributed by atoms with Crippen molar-refractivity contribution >= 4 is 17.3 Å². The summed E-state index contributed by atoms with van der Waals surface area (Å²) in [7, 11) is 1.76. The third kappa shape index (κ3) is 2.62. The van der Waals surface area contributed by atoms with Crippen molar-refractivity contribution in [1.82, 2.24) is 14.8 Å². The van der Waals surface area contributed by atoms with Crippen LogP contribution in [0.2, 0.25) is 0 Å². The summed E-state index contributed by atoms with van der Waals surface area (Å²) in [6.07, 6.45) is 1.67. The second-order valence-electron chi connectivity index (χ2n) is 4.09. The molecule has 2 aromatic rings. The first-order valence-corrected chi connectivity index (χ1v) is 5.61. The summed E-state index contributed by atoms with van der Waals surface area (Å²) in [6, 6.07) is 2.99. The lowest BCUT2D eigenvalue weighted by molar-refractivity contribution is -0.385. The molecule has 100 valence electrons. The van der Waals surface area contributed by atoms with E-state index >= 15 is 0 Å². The second kappa shape index (κ2) is 4.92. The number of nitrogen functional groups attached to an aromatic ring is 1. The van der Waals surface area contributed by atoms with Crippen molar-refractivity contribution in [2.24, 2.45) is 7.05 Å². The number of hydrogen-bond acceptors (Lipinski definition) is 6. The molecule has 0 amide bonds. The van der Waals surface area contributed by atoms with Gasteiger partial charge in [-0.05, 0) is 13.0 Å². The fourth-order valence-electron chi connectivity index (χ4n) is 1.66. The third-order valence-corrected chi connectivity index (χ3v) is 2.78. The van der Waals surface area contributed by atoms with Gasteiger partial charge in [0.1, 0.15) is 17.3 Å². The molecule has 2 aromatic heterocycles. The van der Waals surface area contributed by atoms with Gasteiger partial charge in [0.15, 0.2) is 0 Å². The number of rotatable bonds is 4. The van der Waals surface area contributed by atoms with Gasteiger partial charge in [-0.2, -0.15) is 5.10 Å². The van der Waals surface area contributed by atoms with Gasteiger partial charge < -0.3 is 11.1 Å². The number of anilines is 2. The van der Waals surface area contributed by atoms with E-state index in [1.54, 1.807) is 30.9 Å². The molecule has 0 aliphatic carbocycles. The summed E-state index contributed by atoms with van der Waals surface area (Å²) in [5.74, 6) is 1.14. The normalized spacial score (nSPS) is 10.4. The number of hydrogen-bond donors (Lipinski definition) is 2. The van der Waals surface area contributed by atoms with Crippen LogP contribution in [0, 0.1) is 17.0 Å². The number of pyridine rings is 1. The first kappa shape index (κ1) is 12.8. The van der Waals surface area contributed by atoms with E-state index in [2.05, 4.69) is 15.4 Å². The molecule has 2 heterocycles. The SMILES string of the molecule is Cc1nc(NCc2cnn(C)c2N)ccc1[N+](=O)[O-]. The van der Waals surface area contributed by atoms with E-state index in [1.807, 2.05) is 0 Å². The van der Waals surface area contributed by atoms with Crippen molar-refractivity contribution in [1.29, 1.82) is 0 Å². The van der Waals surface area contributed by atoms with Gasteiger partial charge in [-0.1, -0.05) is 0 Å². The maximum absolute atomic E-state index is 10.7. The van der Waals surface area contributed by atoms with Crippen LogP contribution in [0.5, 0.6) is 0 Å². The fraction of sp³-hybridized carbons (Fsp3) is 0.273. The number of nitrogens with two attached hydrogens (primary N) is 1. The molecule has 0 radical (unpaired) electrons. The predicted molar refractivity (Wildman–Crippen MR) is 70.6 cm³/mol. The van der Waals surface area contributed by atoms with E-state index in [0.29, 0.717) is 23.9 Å². The Kier molecular flexibility index (Phi) is 3.32. The van der Waals surface area contributed by atoms with Gasteiger partial charge >= 0.3 is 0 Å². The van der Waals surface area contributed by atoms with Crippen molar-refractivity contribution in [3.63, 3.8) is 0 Å². The first-order valence-electron chi connectivity index (χ1n) is 5.61. The Morgan fingerprint density at radius 2 is 2.26 bits per heavy atom. The van der Waals surface area contributed by atoms with Crippen LogP contribution in [0.4, 0.5) is 17.3 Å². The van der Waals surface area contributed by atoms with Crippen molar-refractivity contribution in [3.8, 4) is 0 Å². The van der Waals surface area contributed by atoms with Crippen LogP contribution in [0.3, 0.4) is 0 Å². The monoisotopic (exact) mass is 262 g/mol. The summed E-state index contributed by atoms with van der Waals surface area (Å²) < 4.78 is 1.57. The van der Waals surface area contributed by atoms with Gasteiger partial charge in [0.05, 0.1) is 11.1 Å². The molecule has 8 nitrogen and oxygen atoms in total. The Balaban J connectivity index is 2.10. The number of aryl methyl sites for hydroxylation is 2. The average Bonchev–Trinajstić information content (AvgIpc) is 2.67. The molecule has 0 aliphatic rings. The molecule has 0 atom stereocenters. The van der Waals surface area contributed by atoms with Gasteiger partial charge in [0, 0.05) is 25.2 Å². The molecule has 0 saturated heterocycles. The molecule has 8 heteroatoms. The molecular formula is C11H14N6O2. The van der Waals surface area contributed by atoms with Crippen molar-refractivity contribution in [2.45, 2.75) is 13.5 Å². The molecule has 19 heavy (non-hydrogen) atoms. The van der Waals surface area contributed by atoms with Crippen molar-refractivity contribution < 1.29 is 4.92 Å². The minimum Gasteiger partial charge on any atom is -0.384 e. The standard InChI is InChI=1S/C11H14N6O2/c1-7-9(17(18)19)3-4-10(15-7)13-5-8-6-14-16(2)11(8)12/h3-4,6H,5,12H2,1-2H3,(H,13,15). The summed E-state index contributed by atoms with van der Waals surface area (Å²) >= 11 is 0. The predicted octanol–water partition coefficient (Wildman–Crippen LogP) is 1.23. The maximum Gasteiger partial charge on any atom is 0.290 e. The molecule has 0 bridgehead atoms. The molecular weight excluding hydrogens is 248 g/mol. The van der Waals surface area contributed by atoms with E-state index in [4.69, 9.17) is 5.73 Å². The summed E-state index contributed by atoms with van der Waals surface area (Å²) in [4.78, 5) is 14.3. The Morgan fingerprint density at radius 3 is 2.79 bits per heavy atom. The quantitative estimate of drug-likeness (QED) is 0.633. The Hall–Kier alpha value is -2.64. The highest BCUT2D eigenvalue weighted by Gasteiger charge is 2.12. The molecule has 0 spiro atoms. The highest BCUT2D eigenvalue weighted by Crippen LogP contribution is 2.18. The Bertz CT molecular complexity index is 622. The van der Waals surface area contributed by atoms with Gasteiger partial charge in [0.2, 0.25) is 0 Å². The van der Waals surface area contributed by atoms with Gasteiger partial charge in [0.25, 0.3) is 5.69 Å². The van der Waals surface area contributed by atoms with Crippen LogP contribution in [0.1, 0.15) is 11.3 Å². The molecule has 0 fully saturated rings. The molecule has 2 rings (SSSR count). The second-order valence-corrected chi connectivity index (χ2v) is 4.09. The van der Waals surface area contributed by atoms with Gasteiger partial charge in [-0.25, -0.2) is 4.98 Å². The Labute approximate surface area is 109 Å². The summed E-state index contributed by atoms with van der Waals surface area (Å²) in [6.45, 7) is 2.06. The van der Waals surface area contributed by atoms with Gasteiger partial charge in [-0.3, -0.25) is 14.8 Å². The van der Waals surface area contributed by atoms with E-state index in [-0.39, 0.29) is 5.69 Å². The van der Waals surface area contributed by atoms with Crippen LogP contribution in [0.15, 0.2) is 18.3 Å². The zero-order valence-corrected chi connectivity index (χ0v) is 10.6. The minimum atomic E-state index is -0.453. The molecule has 3 N–H and O–H groups in total.